The fourth-order valence-corrected chi connectivity index (χ4v) is 3.52. The first-order valence-corrected chi connectivity index (χ1v) is 7.78. The van der Waals surface area contributed by atoms with Crippen LogP contribution in [0.5, 0.6) is 0 Å². The van der Waals surface area contributed by atoms with E-state index >= 15 is 0 Å². The standard InChI is InChI=1S/C19H24N2O/c1-12-13(2)18(22)21(19(3,4)5)17(12)15-11-20(6)16-10-8-7-9-14(15)16/h7-11,17H,1-6H3. The summed E-state index contributed by atoms with van der Waals surface area (Å²) in [5.74, 6) is 0.155. The first-order valence-electron chi connectivity index (χ1n) is 7.78. The molecule has 3 heteroatoms. The topological polar surface area (TPSA) is 25.2 Å². The molecule has 1 aromatic carbocycles. The molecule has 0 spiro atoms. The van der Waals surface area contributed by atoms with Crippen molar-refractivity contribution in [1.82, 2.24) is 9.47 Å². The van der Waals surface area contributed by atoms with Gasteiger partial charge in [0.25, 0.3) is 5.91 Å². The molecule has 1 aliphatic rings. The van der Waals surface area contributed by atoms with Crippen molar-refractivity contribution in [3.8, 4) is 0 Å². The van der Waals surface area contributed by atoms with Crippen molar-refractivity contribution < 1.29 is 4.79 Å². The number of benzene rings is 1. The third kappa shape index (κ3) is 1.99. The Hall–Kier alpha value is -2.03. The van der Waals surface area contributed by atoms with Crippen molar-refractivity contribution in [2.45, 2.75) is 46.2 Å². The molecule has 0 radical (unpaired) electrons. The van der Waals surface area contributed by atoms with Gasteiger partial charge in [0.1, 0.15) is 0 Å². The van der Waals surface area contributed by atoms with Gasteiger partial charge in [0.15, 0.2) is 0 Å². The van der Waals surface area contributed by atoms with Gasteiger partial charge in [0, 0.05) is 40.8 Å². The van der Waals surface area contributed by atoms with E-state index in [1.165, 1.54) is 16.5 Å². The van der Waals surface area contributed by atoms with Gasteiger partial charge >= 0.3 is 0 Å². The summed E-state index contributed by atoms with van der Waals surface area (Å²) < 4.78 is 2.15. The predicted octanol–water partition coefficient (Wildman–Crippen LogP) is 4.20. The number of fused-ring (bicyclic) bond motifs is 1. The Morgan fingerprint density at radius 2 is 1.73 bits per heavy atom. The lowest BCUT2D eigenvalue weighted by atomic mass is 9.95. The van der Waals surface area contributed by atoms with Crippen LogP contribution in [0.25, 0.3) is 10.9 Å². The zero-order valence-electron chi connectivity index (χ0n) is 14.3. The molecule has 0 saturated carbocycles. The SMILES string of the molecule is CC1=C(C)C(c2cn(C)c3ccccc23)N(C(C)(C)C)C1=O. The van der Waals surface area contributed by atoms with Crippen LogP contribution in [0.3, 0.4) is 0 Å². The van der Waals surface area contributed by atoms with Crippen molar-refractivity contribution in [2.75, 3.05) is 0 Å². The number of rotatable bonds is 1. The van der Waals surface area contributed by atoms with Gasteiger partial charge in [-0.15, -0.1) is 0 Å². The van der Waals surface area contributed by atoms with Gasteiger partial charge in [0.2, 0.25) is 0 Å². The fraction of sp³-hybridized carbons (Fsp3) is 0.421. The van der Waals surface area contributed by atoms with Crippen LogP contribution in [0.2, 0.25) is 0 Å². The molecule has 0 fully saturated rings. The maximum Gasteiger partial charge on any atom is 0.250 e. The van der Waals surface area contributed by atoms with Crippen molar-refractivity contribution in [3.05, 3.63) is 47.2 Å². The summed E-state index contributed by atoms with van der Waals surface area (Å²) in [5.41, 5.74) is 4.26. The largest absolute Gasteiger partial charge is 0.350 e. The molecule has 3 nitrogen and oxygen atoms in total. The minimum atomic E-state index is -0.211. The summed E-state index contributed by atoms with van der Waals surface area (Å²) in [4.78, 5) is 14.8. The molecule has 3 rings (SSSR count). The highest BCUT2D eigenvalue weighted by Gasteiger charge is 2.42. The molecule has 2 aromatic rings. The third-order valence-corrected chi connectivity index (χ3v) is 4.74. The number of aromatic nitrogens is 1. The van der Waals surface area contributed by atoms with Gasteiger partial charge in [0.05, 0.1) is 6.04 Å². The molecule has 22 heavy (non-hydrogen) atoms. The smallest absolute Gasteiger partial charge is 0.250 e. The molecule has 0 saturated heterocycles. The average molecular weight is 296 g/mol. The van der Waals surface area contributed by atoms with Crippen molar-refractivity contribution in [2.24, 2.45) is 7.05 Å². The maximum absolute atomic E-state index is 12.8. The van der Waals surface area contributed by atoms with E-state index in [1.807, 2.05) is 11.8 Å². The molecule has 0 N–H and O–H groups in total. The summed E-state index contributed by atoms with van der Waals surface area (Å²) in [5, 5.41) is 1.23. The van der Waals surface area contributed by atoms with Crippen molar-refractivity contribution >= 4 is 16.8 Å². The van der Waals surface area contributed by atoms with E-state index in [0.29, 0.717) is 0 Å². The molecule has 1 atom stereocenters. The highest BCUT2D eigenvalue weighted by atomic mass is 16.2. The van der Waals surface area contributed by atoms with Gasteiger partial charge in [-0.05, 0) is 46.3 Å². The number of nitrogens with zero attached hydrogens (tertiary/aromatic N) is 2. The Kier molecular flexibility index (Phi) is 3.20. The van der Waals surface area contributed by atoms with Crippen LogP contribution in [0.1, 0.15) is 46.2 Å². The molecule has 0 bridgehead atoms. The van der Waals surface area contributed by atoms with Gasteiger partial charge in [-0.1, -0.05) is 18.2 Å². The number of amides is 1. The molecule has 1 aromatic heterocycles. The van der Waals surface area contributed by atoms with Crippen LogP contribution in [-0.2, 0) is 11.8 Å². The van der Waals surface area contributed by atoms with Crippen LogP contribution >= 0.6 is 0 Å². The van der Waals surface area contributed by atoms with E-state index in [4.69, 9.17) is 0 Å². The zero-order chi connectivity index (χ0) is 16.2. The minimum absolute atomic E-state index is 0.0265. The zero-order valence-corrected chi connectivity index (χ0v) is 14.3. The molecular weight excluding hydrogens is 272 g/mol. The van der Waals surface area contributed by atoms with Crippen LogP contribution in [0.15, 0.2) is 41.6 Å². The Balaban J connectivity index is 2.25. The van der Waals surface area contributed by atoms with E-state index in [9.17, 15) is 4.79 Å². The van der Waals surface area contributed by atoms with Crippen LogP contribution in [0, 0.1) is 0 Å². The first-order chi connectivity index (χ1) is 10.2. The molecule has 1 amide bonds. The van der Waals surface area contributed by atoms with Gasteiger partial charge in [-0.3, -0.25) is 4.79 Å². The Labute approximate surface area is 132 Å². The number of aryl methyl sites for hydroxylation is 1. The second-order valence-corrected chi connectivity index (χ2v) is 7.27. The van der Waals surface area contributed by atoms with Gasteiger partial charge in [-0.2, -0.15) is 0 Å². The van der Waals surface area contributed by atoms with Gasteiger partial charge < -0.3 is 9.47 Å². The Bertz CT molecular complexity index is 789. The number of hydrogen-bond donors (Lipinski definition) is 0. The second-order valence-electron chi connectivity index (χ2n) is 7.27. The van der Waals surface area contributed by atoms with E-state index < -0.39 is 0 Å². The van der Waals surface area contributed by atoms with Crippen molar-refractivity contribution in [1.29, 1.82) is 0 Å². The average Bonchev–Trinajstić information content (AvgIpc) is 2.89. The molecule has 1 aliphatic heterocycles. The fourth-order valence-electron chi connectivity index (χ4n) is 3.52. The normalized spacial score (nSPS) is 19.6. The number of para-hydroxylation sites is 1. The van der Waals surface area contributed by atoms with Gasteiger partial charge in [-0.25, -0.2) is 0 Å². The molecular formula is C19H24N2O. The number of carbonyl (C=O) groups is 1. The lowest BCUT2D eigenvalue weighted by molar-refractivity contribution is -0.131. The molecule has 2 heterocycles. The summed E-state index contributed by atoms with van der Waals surface area (Å²) in [6.45, 7) is 10.4. The summed E-state index contributed by atoms with van der Waals surface area (Å²) in [6, 6.07) is 8.43. The number of hydrogen-bond acceptors (Lipinski definition) is 1. The number of carbonyl (C=O) groups excluding carboxylic acids is 1. The van der Waals surface area contributed by atoms with E-state index in [2.05, 4.69) is 69.8 Å². The third-order valence-electron chi connectivity index (χ3n) is 4.74. The highest BCUT2D eigenvalue weighted by Crippen LogP contribution is 2.44. The highest BCUT2D eigenvalue weighted by molar-refractivity contribution is 5.99. The quantitative estimate of drug-likeness (QED) is 0.774. The van der Waals surface area contributed by atoms with E-state index in [-0.39, 0.29) is 17.5 Å². The summed E-state index contributed by atoms with van der Waals surface area (Å²) in [7, 11) is 2.07. The Morgan fingerprint density at radius 3 is 2.36 bits per heavy atom. The van der Waals surface area contributed by atoms with Crippen LogP contribution < -0.4 is 0 Å². The van der Waals surface area contributed by atoms with Crippen LogP contribution in [0.4, 0.5) is 0 Å². The summed E-state index contributed by atoms with van der Waals surface area (Å²) in [6.07, 6.45) is 2.17. The summed E-state index contributed by atoms with van der Waals surface area (Å²) >= 11 is 0. The predicted molar refractivity (Wildman–Crippen MR) is 90.6 cm³/mol. The maximum atomic E-state index is 12.8. The Morgan fingerprint density at radius 1 is 1.09 bits per heavy atom. The monoisotopic (exact) mass is 296 g/mol. The van der Waals surface area contributed by atoms with E-state index in [0.717, 1.165) is 11.1 Å². The molecule has 0 aliphatic carbocycles. The van der Waals surface area contributed by atoms with E-state index in [1.54, 1.807) is 0 Å². The lowest BCUT2D eigenvalue weighted by Crippen LogP contribution is -2.44. The van der Waals surface area contributed by atoms with Crippen LogP contribution in [-0.4, -0.2) is 20.9 Å². The first kappa shape index (κ1) is 14.9. The second kappa shape index (κ2) is 4.73. The van der Waals surface area contributed by atoms with Crippen molar-refractivity contribution in [3.63, 3.8) is 0 Å². The minimum Gasteiger partial charge on any atom is -0.350 e. The lowest BCUT2D eigenvalue weighted by Gasteiger charge is -2.38. The molecule has 1 unspecified atom stereocenters. The molecule has 116 valence electrons.